The second-order valence-corrected chi connectivity index (χ2v) is 6.32. The number of hydrogen-bond donors (Lipinski definition) is 1. The van der Waals surface area contributed by atoms with Crippen molar-refractivity contribution in [3.05, 3.63) is 0 Å². The molecule has 1 aliphatic carbocycles. The molecule has 1 N–H and O–H groups in total. The van der Waals surface area contributed by atoms with Crippen molar-refractivity contribution in [1.82, 2.24) is 10.2 Å². The van der Waals surface area contributed by atoms with Crippen molar-refractivity contribution in [3.63, 3.8) is 0 Å². The van der Waals surface area contributed by atoms with Crippen molar-refractivity contribution in [2.45, 2.75) is 76.8 Å². The summed E-state index contributed by atoms with van der Waals surface area (Å²) in [5.74, 6) is 0.912. The van der Waals surface area contributed by atoms with Crippen LogP contribution < -0.4 is 5.32 Å². The summed E-state index contributed by atoms with van der Waals surface area (Å²) in [6, 6.07) is 0.702. The highest BCUT2D eigenvalue weighted by Crippen LogP contribution is 2.39. The second kappa shape index (κ2) is 6.38. The summed E-state index contributed by atoms with van der Waals surface area (Å²) < 4.78 is 0. The molecule has 0 aromatic carbocycles. The molecule has 0 aromatic heterocycles. The van der Waals surface area contributed by atoms with Gasteiger partial charge < -0.3 is 5.32 Å². The third kappa shape index (κ3) is 2.46. The highest BCUT2D eigenvalue weighted by atomic mass is 15.2. The van der Waals surface area contributed by atoms with Gasteiger partial charge in [-0.15, -0.1) is 0 Å². The summed E-state index contributed by atoms with van der Waals surface area (Å²) in [6.45, 7) is 7.46. The van der Waals surface area contributed by atoms with Crippen molar-refractivity contribution >= 4 is 0 Å². The monoisotopic (exact) mass is 252 g/mol. The van der Waals surface area contributed by atoms with E-state index in [0.29, 0.717) is 11.6 Å². The number of nitrogens with zero attached hydrogens (tertiary/aromatic N) is 1. The molecule has 1 saturated heterocycles. The number of likely N-dealkylation sites (N-methyl/N-ethyl adjacent to an activating group) is 1. The molecule has 0 spiro atoms. The predicted octanol–water partition coefficient (Wildman–Crippen LogP) is 3.42. The van der Waals surface area contributed by atoms with Crippen LogP contribution in [-0.4, -0.2) is 36.6 Å². The third-order valence-electron chi connectivity index (χ3n) is 5.72. The molecule has 1 saturated carbocycles. The SMILES string of the molecule is CCC(CC)(C(NC)C1CCCC1)N1CCCC1. The summed E-state index contributed by atoms with van der Waals surface area (Å²) >= 11 is 0. The number of hydrogen-bond acceptors (Lipinski definition) is 2. The maximum Gasteiger partial charge on any atom is 0.0359 e. The fraction of sp³-hybridized carbons (Fsp3) is 1.00. The fourth-order valence-corrected chi connectivity index (χ4v) is 4.73. The summed E-state index contributed by atoms with van der Waals surface area (Å²) in [6.07, 6.45) is 11.2. The molecule has 2 rings (SSSR count). The molecule has 18 heavy (non-hydrogen) atoms. The molecule has 106 valence electrons. The minimum atomic E-state index is 0.417. The van der Waals surface area contributed by atoms with Gasteiger partial charge in [0.2, 0.25) is 0 Å². The zero-order valence-corrected chi connectivity index (χ0v) is 12.7. The van der Waals surface area contributed by atoms with E-state index in [-0.39, 0.29) is 0 Å². The van der Waals surface area contributed by atoms with Crippen LogP contribution in [0.4, 0.5) is 0 Å². The van der Waals surface area contributed by atoms with Crippen molar-refractivity contribution in [2.75, 3.05) is 20.1 Å². The van der Waals surface area contributed by atoms with Gasteiger partial charge in [0.25, 0.3) is 0 Å². The summed E-state index contributed by atoms with van der Waals surface area (Å²) in [5.41, 5.74) is 0.417. The average molecular weight is 252 g/mol. The van der Waals surface area contributed by atoms with E-state index in [4.69, 9.17) is 0 Å². The molecule has 0 aromatic rings. The molecule has 1 unspecified atom stereocenters. The molecule has 2 heteroatoms. The lowest BCUT2D eigenvalue weighted by atomic mass is 9.76. The van der Waals surface area contributed by atoms with Crippen LogP contribution in [0, 0.1) is 5.92 Å². The molecule has 1 aliphatic heterocycles. The Balaban J connectivity index is 2.19. The second-order valence-electron chi connectivity index (χ2n) is 6.32. The van der Waals surface area contributed by atoms with E-state index in [2.05, 4.69) is 31.1 Å². The van der Waals surface area contributed by atoms with Crippen molar-refractivity contribution in [1.29, 1.82) is 0 Å². The Hall–Kier alpha value is -0.0800. The number of likely N-dealkylation sites (tertiary alicyclic amines) is 1. The highest BCUT2D eigenvalue weighted by molar-refractivity contribution is 5.03. The van der Waals surface area contributed by atoms with E-state index in [9.17, 15) is 0 Å². The topological polar surface area (TPSA) is 15.3 Å². The van der Waals surface area contributed by atoms with E-state index < -0.39 is 0 Å². The van der Waals surface area contributed by atoms with Gasteiger partial charge in [-0.2, -0.15) is 0 Å². The third-order valence-corrected chi connectivity index (χ3v) is 5.72. The van der Waals surface area contributed by atoms with Crippen LogP contribution in [0.5, 0.6) is 0 Å². The van der Waals surface area contributed by atoms with Crippen LogP contribution in [0.2, 0.25) is 0 Å². The van der Waals surface area contributed by atoms with Gasteiger partial charge in [0.05, 0.1) is 0 Å². The Bertz CT molecular complexity index is 235. The van der Waals surface area contributed by atoms with Gasteiger partial charge in [0.1, 0.15) is 0 Å². The fourth-order valence-electron chi connectivity index (χ4n) is 4.73. The van der Waals surface area contributed by atoms with E-state index in [0.717, 1.165) is 5.92 Å². The minimum absolute atomic E-state index is 0.417. The lowest BCUT2D eigenvalue weighted by molar-refractivity contribution is 0.0414. The zero-order chi connectivity index (χ0) is 13.0. The quantitative estimate of drug-likeness (QED) is 0.779. The van der Waals surface area contributed by atoms with Crippen molar-refractivity contribution in [3.8, 4) is 0 Å². The van der Waals surface area contributed by atoms with E-state index in [1.165, 1.54) is 64.5 Å². The lowest BCUT2D eigenvalue weighted by Gasteiger charge is -2.49. The van der Waals surface area contributed by atoms with Crippen molar-refractivity contribution in [2.24, 2.45) is 5.92 Å². The van der Waals surface area contributed by atoms with Gasteiger partial charge in [0, 0.05) is 11.6 Å². The van der Waals surface area contributed by atoms with Gasteiger partial charge in [-0.1, -0.05) is 26.7 Å². The summed E-state index contributed by atoms with van der Waals surface area (Å²) in [5, 5.41) is 3.72. The minimum Gasteiger partial charge on any atom is -0.315 e. The van der Waals surface area contributed by atoms with Gasteiger partial charge in [-0.3, -0.25) is 4.90 Å². The molecule has 2 fully saturated rings. The predicted molar refractivity (Wildman–Crippen MR) is 78.9 cm³/mol. The zero-order valence-electron chi connectivity index (χ0n) is 12.7. The molecule has 1 heterocycles. The van der Waals surface area contributed by atoms with E-state index >= 15 is 0 Å². The normalized spacial score (nSPS) is 24.8. The van der Waals surface area contributed by atoms with Crippen LogP contribution in [0.15, 0.2) is 0 Å². The Morgan fingerprint density at radius 1 is 1.06 bits per heavy atom. The summed E-state index contributed by atoms with van der Waals surface area (Å²) in [4.78, 5) is 2.81. The van der Waals surface area contributed by atoms with Gasteiger partial charge in [-0.05, 0) is 64.6 Å². The maximum absolute atomic E-state index is 3.72. The van der Waals surface area contributed by atoms with Crippen LogP contribution in [0.1, 0.15) is 65.2 Å². The molecule has 0 amide bonds. The van der Waals surface area contributed by atoms with Gasteiger partial charge in [-0.25, -0.2) is 0 Å². The number of rotatable bonds is 6. The van der Waals surface area contributed by atoms with Crippen LogP contribution >= 0.6 is 0 Å². The van der Waals surface area contributed by atoms with E-state index in [1.54, 1.807) is 0 Å². The largest absolute Gasteiger partial charge is 0.315 e. The first-order valence-electron chi connectivity index (χ1n) is 8.20. The van der Waals surface area contributed by atoms with Crippen molar-refractivity contribution < 1.29 is 0 Å². The number of nitrogens with one attached hydrogen (secondary N) is 1. The molecule has 1 atom stereocenters. The smallest absolute Gasteiger partial charge is 0.0359 e. The van der Waals surface area contributed by atoms with Crippen LogP contribution in [0.25, 0.3) is 0 Å². The first kappa shape index (κ1) is 14.3. The van der Waals surface area contributed by atoms with E-state index in [1.807, 2.05) is 0 Å². The molecule has 0 bridgehead atoms. The average Bonchev–Trinajstić information content (AvgIpc) is 3.08. The lowest BCUT2D eigenvalue weighted by Crippen LogP contribution is -2.61. The molecule has 2 nitrogen and oxygen atoms in total. The summed E-state index contributed by atoms with van der Waals surface area (Å²) in [7, 11) is 2.19. The van der Waals surface area contributed by atoms with Crippen LogP contribution in [0.3, 0.4) is 0 Å². The molecule has 2 aliphatic rings. The standard InChI is InChI=1S/C16H32N2/c1-4-16(5-2,18-12-8-9-13-18)15(17-3)14-10-6-7-11-14/h14-15,17H,4-13H2,1-3H3. The molecule has 0 radical (unpaired) electrons. The Morgan fingerprint density at radius 2 is 1.61 bits per heavy atom. The Kier molecular flexibility index (Phi) is 5.08. The molecular weight excluding hydrogens is 220 g/mol. The first-order chi connectivity index (χ1) is 8.78. The Morgan fingerprint density at radius 3 is 2.06 bits per heavy atom. The molecular formula is C16H32N2. The van der Waals surface area contributed by atoms with Crippen LogP contribution in [-0.2, 0) is 0 Å². The maximum atomic E-state index is 3.72. The van der Waals surface area contributed by atoms with Gasteiger partial charge >= 0.3 is 0 Å². The highest BCUT2D eigenvalue weighted by Gasteiger charge is 2.44. The first-order valence-corrected chi connectivity index (χ1v) is 8.20. The Labute approximate surface area is 114 Å². The van der Waals surface area contributed by atoms with Gasteiger partial charge in [0.15, 0.2) is 0 Å².